The Labute approximate surface area is 338 Å². The summed E-state index contributed by atoms with van der Waals surface area (Å²) < 4.78 is 6.64. The van der Waals surface area contributed by atoms with Crippen molar-refractivity contribution in [2.75, 3.05) is 0 Å². The average Bonchev–Trinajstić information content (AvgIpc) is 3.80. The van der Waals surface area contributed by atoms with Crippen LogP contribution in [0.15, 0.2) is 200 Å². The maximum absolute atomic E-state index is 6.64. The molecule has 0 atom stereocenters. The molecule has 0 saturated carbocycles. The zero-order valence-electron chi connectivity index (χ0n) is 32.2. The van der Waals surface area contributed by atoms with Crippen LogP contribution in [0.3, 0.4) is 0 Å². The molecular weight excluding hydrogens is 711 g/mol. The molecule has 8 aromatic rings. The van der Waals surface area contributed by atoms with E-state index < -0.39 is 0 Å². The van der Waals surface area contributed by atoms with Gasteiger partial charge in [0.1, 0.15) is 11.5 Å². The maximum Gasteiger partial charge on any atom is 0.164 e. The second-order valence-corrected chi connectivity index (χ2v) is 14.0. The Kier molecular flexibility index (Phi) is 10.1. The highest BCUT2D eigenvalue weighted by Crippen LogP contribution is 2.38. The van der Waals surface area contributed by atoms with Crippen LogP contribution >= 0.6 is 0 Å². The van der Waals surface area contributed by atoms with E-state index in [1.54, 1.807) is 0 Å². The van der Waals surface area contributed by atoms with E-state index in [2.05, 4.69) is 92.7 Å². The molecule has 0 aliphatic carbocycles. The van der Waals surface area contributed by atoms with Crippen LogP contribution in [0.5, 0.6) is 0 Å². The summed E-state index contributed by atoms with van der Waals surface area (Å²) >= 11 is 0. The third-order valence-corrected chi connectivity index (χ3v) is 10.3. The molecule has 6 aromatic carbocycles. The smallest absolute Gasteiger partial charge is 0.164 e. The van der Waals surface area contributed by atoms with Crippen molar-refractivity contribution in [1.82, 2.24) is 24.9 Å². The first kappa shape index (κ1) is 36.1. The fraction of sp³-hybridized carbons (Fsp3) is 0.0577. The monoisotopic (exact) mass is 749 g/mol. The number of benzene rings is 6. The number of allylic oxidation sites excluding steroid dienone is 4. The van der Waals surface area contributed by atoms with Crippen LogP contribution < -0.4 is 0 Å². The zero-order chi connectivity index (χ0) is 39.3. The van der Waals surface area contributed by atoms with Gasteiger partial charge in [-0.05, 0) is 48.8 Å². The third-order valence-electron chi connectivity index (χ3n) is 10.3. The first-order valence-corrected chi connectivity index (χ1v) is 19.4. The Morgan fingerprint density at radius 2 is 0.897 bits per heavy atom. The molecule has 0 radical (unpaired) electrons. The Morgan fingerprint density at radius 3 is 1.41 bits per heavy atom. The zero-order valence-corrected chi connectivity index (χ0v) is 32.2. The Bertz CT molecular complexity index is 2700. The summed E-state index contributed by atoms with van der Waals surface area (Å²) in [6.45, 7) is 4.17. The molecule has 3 heterocycles. The number of ether oxygens (including phenoxy) is 1. The van der Waals surface area contributed by atoms with Gasteiger partial charge in [0.05, 0.1) is 11.4 Å². The van der Waals surface area contributed by atoms with Gasteiger partial charge in [0, 0.05) is 45.4 Å². The van der Waals surface area contributed by atoms with Gasteiger partial charge in [-0.3, -0.25) is 0 Å². The van der Waals surface area contributed by atoms with Gasteiger partial charge in [-0.2, -0.15) is 0 Å². The van der Waals surface area contributed by atoms with Crippen molar-refractivity contribution in [3.8, 4) is 68.1 Å². The normalized spacial score (nSPS) is 13.5. The van der Waals surface area contributed by atoms with E-state index in [1.165, 1.54) is 0 Å². The van der Waals surface area contributed by atoms with Crippen LogP contribution in [0.2, 0.25) is 0 Å². The van der Waals surface area contributed by atoms with Gasteiger partial charge in [0.2, 0.25) is 0 Å². The van der Waals surface area contributed by atoms with Gasteiger partial charge in [-0.15, -0.1) is 0 Å². The highest BCUT2D eigenvalue weighted by atomic mass is 16.5. The first-order chi connectivity index (χ1) is 28.6. The minimum atomic E-state index is 0.625. The van der Waals surface area contributed by atoms with Crippen molar-refractivity contribution < 1.29 is 4.74 Å². The lowest BCUT2D eigenvalue weighted by atomic mass is 9.99. The number of hydrogen-bond acceptors (Lipinski definition) is 6. The van der Waals surface area contributed by atoms with Gasteiger partial charge in [-0.25, -0.2) is 24.9 Å². The predicted molar refractivity (Wildman–Crippen MR) is 235 cm³/mol. The highest BCUT2D eigenvalue weighted by Gasteiger charge is 2.21. The molecule has 58 heavy (non-hydrogen) atoms. The summed E-state index contributed by atoms with van der Waals surface area (Å²) in [6.07, 6.45) is 4.98. The van der Waals surface area contributed by atoms with Crippen LogP contribution in [0.4, 0.5) is 0 Å². The van der Waals surface area contributed by atoms with Crippen LogP contribution in [-0.4, -0.2) is 24.9 Å². The molecule has 9 rings (SSSR count). The van der Waals surface area contributed by atoms with Gasteiger partial charge in [0.25, 0.3) is 0 Å². The lowest BCUT2D eigenvalue weighted by Gasteiger charge is -2.14. The second-order valence-electron chi connectivity index (χ2n) is 14.0. The summed E-state index contributed by atoms with van der Waals surface area (Å²) in [5.41, 5.74) is 11.8. The fourth-order valence-corrected chi connectivity index (χ4v) is 7.13. The fourth-order valence-electron chi connectivity index (χ4n) is 7.13. The molecule has 0 spiro atoms. The van der Waals surface area contributed by atoms with Crippen molar-refractivity contribution in [2.45, 2.75) is 20.3 Å². The number of nitrogens with zero attached hydrogens (tertiary/aromatic N) is 5. The summed E-state index contributed by atoms with van der Waals surface area (Å²) in [5.74, 6) is 4.36. The first-order valence-electron chi connectivity index (χ1n) is 19.4. The summed E-state index contributed by atoms with van der Waals surface area (Å²) in [4.78, 5) is 24.7. The van der Waals surface area contributed by atoms with Gasteiger partial charge >= 0.3 is 0 Å². The molecule has 0 amide bonds. The molecule has 1 aliphatic heterocycles. The van der Waals surface area contributed by atoms with E-state index in [1.807, 2.05) is 109 Å². The van der Waals surface area contributed by atoms with Crippen molar-refractivity contribution >= 4 is 11.1 Å². The van der Waals surface area contributed by atoms with Gasteiger partial charge in [-0.1, -0.05) is 170 Å². The summed E-state index contributed by atoms with van der Waals surface area (Å²) in [7, 11) is 0. The van der Waals surface area contributed by atoms with Crippen molar-refractivity contribution in [1.29, 1.82) is 0 Å². The largest absolute Gasteiger partial charge is 0.461 e. The van der Waals surface area contributed by atoms with E-state index in [0.717, 1.165) is 78.6 Å². The molecule has 0 unspecified atom stereocenters. The Hall–Kier alpha value is -7.57. The predicted octanol–water partition coefficient (Wildman–Crippen LogP) is 12.8. The molecule has 1 aliphatic rings. The number of rotatable bonds is 9. The molecular formula is C52H39N5O. The van der Waals surface area contributed by atoms with Gasteiger partial charge < -0.3 is 4.74 Å². The minimum Gasteiger partial charge on any atom is -0.461 e. The van der Waals surface area contributed by atoms with E-state index >= 15 is 0 Å². The van der Waals surface area contributed by atoms with Crippen molar-refractivity contribution in [2.24, 2.45) is 0 Å². The lowest BCUT2D eigenvalue weighted by molar-refractivity contribution is 0.344. The molecule has 6 heteroatoms. The van der Waals surface area contributed by atoms with Crippen molar-refractivity contribution in [3.63, 3.8) is 0 Å². The molecule has 0 saturated heterocycles. The summed E-state index contributed by atoms with van der Waals surface area (Å²) in [6, 6.07) is 59.4. The van der Waals surface area contributed by atoms with E-state index in [0.29, 0.717) is 29.7 Å². The van der Waals surface area contributed by atoms with Crippen LogP contribution in [0, 0.1) is 0 Å². The van der Waals surface area contributed by atoms with Crippen LogP contribution in [-0.2, 0) is 4.74 Å². The quantitative estimate of drug-likeness (QED) is 0.146. The maximum atomic E-state index is 6.64. The number of aromatic nitrogens is 5. The van der Waals surface area contributed by atoms with Crippen LogP contribution in [0.25, 0.3) is 79.2 Å². The standard InChI is InChI=1S/C52H39N5O/c1-3-44(42-25-16-26-43(33-42)46-34-45(37-17-8-4-9-18-37)53-49(54-46)38-19-10-5-11-20-38)48-32-31-47(58-48)35(2)36-27-29-41(30-28-36)52-56-50(39-21-12-6-13-22-39)55-51(57-52)40-23-14-7-15-24-40/h3-30,32-34H,31H2,1-2H3. The van der Waals surface area contributed by atoms with Gasteiger partial charge in [0.15, 0.2) is 23.3 Å². The molecule has 6 nitrogen and oxygen atoms in total. The topological polar surface area (TPSA) is 73.7 Å². The van der Waals surface area contributed by atoms with E-state index in [4.69, 9.17) is 29.7 Å². The van der Waals surface area contributed by atoms with E-state index in [-0.39, 0.29) is 0 Å². The Morgan fingerprint density at radius 1 is 0.448 bits per heavy atom. The third kappa shape index (κ3) is 7.64. The molecule has 0 N–H and O–H groups in total. The average molecular weight is 750 g/mol. The second kappa shape index (κ2) is 16.3. The van der Waals surface area contributed by atoms with Crippen LogP contribution in [0.1, 0.15) is 31.4 Å². The number of hydrogen-bond donors (Lipinski definition) is 0. The SMILES string of the molecule is CC=C(C1=CCC(=C(C)c2ccc(-c3nc(-c4ccccc4)nc(-c4ccccc4)n3)cc2)O1)c1cccc(-c2cc(-c3ccccc3)nc(-c3ccccc3)n2)c1. The lowest BCUT2D eigenvalue weighted by Crippen LogP contribution is -2.00. The summed E-state index contributed by atoms with van der Waals surface area (Å²) in [5, 5.41) is 0. The Balaban J connectivity index is 0.977. The molecule has 0 bridgehead atoms. The van der Waals surface area contributed by atoms with E-state index in [9.17, 15) is 0 Å². The molecule has 2 aromatic heterocycles. The van der Waals surface area contributed by atoms with Crippen molar-refractivity contribution in [3.05, 3.63) is 211 Å². The molecule has 0 fully saturated rings. The highest BCUT2D eigenvalue weighted by molar-refractivity contribution is 5.82. The minimum absolute atomic E-state index is 0.625. The molecule has 278 valence electrons.